The van der Waals surface area contributed by atoms with Crippen LogP contribution in [0.5, 0.6) is 0 Å². The van der Waals surface area contributed by atoms with Gasteiger partial charge in [-0.2, -0.15) is 0 Å². The van der Waals surface area contributed by atoms with Crippen molar-refractivity contribution >= 4 is 61.3 Å². The number of rotatable bonds is 5. The molecule has 10 nitrogen and oxygen atoms in total. The fourth-order valence-corrected chi connectivity index (χ4v) is 6.69. The molecule has 2 aliphatic rings. The van der Waals surface area contributed by atoms with Gasteiger partial charge in [-0.25, -0.2) is 15.0 Å². The van der Waals surface area contributed by atoms with Gasteiger partial charge in [-0.3, -0.25) is 9.59 Å². The summed E-state index contributed by atoms with van der Waals surface area (Å²) in [6.45, 7) is 2.02. The minimum absolute atomic E-state index is 0.0273. The number of nitrogens with one attached hydrogen (secondary N) is 1. The molecule has 3 atom stereocenters. The van der Waals surface area contributed by atoms with Crippen molar-refractivity contribution in [2.24, 2.45) is 5.92 Å². The Kier molecular flexibility index (Phi) is 5.85. The predicted molar refractivity (Wildman–Crippen MR) is 154 cm³/mol. The van der Waals surface area contributed by atoms with Crippen molar-refractivity contribution in [2.75, 3.05) is 11.1 Å². The first-order valence-corrected chi connectivity index (χ1v) is 14.0. The van der Waals surface area contributed by atoms with E-state index in [1.54, 1.807) is 23.3 Å². The van der Waals surface area contributed by atoms with Crippen LogP contribution >= 0.6 is 15.9 Å². The van der Waals surface area contributed by atoms with E-state index in [1.807, 2.05) is 41.8 Å². The Morgan fingerprint density at radius 1 is 1.18 bits per heavy atom. The molecule has 4 aromatic heterocycles. The minimum Gasteiger partial charge on any atom is -0.464 e. The van der Waals surface area contributed by atoms with E-state index < -0.39 is 6.04 Å². The highest BCUT2D eigenvalue weighted by atomic mass is 79.9. The topological polar surface area (TPSA) is 132 Å². The summed E-state index contributed by atoms with van der Waals surface area (Å²) in [7, 11) is 0. The molecule has 7 rings (SSSR count). The summed E-state index contributed by atoms with van der Waals surface area (Å²) in [4.78, 5) is 42.4. The number of furan rings is 1. The highest BCUT2D eigenvalue weighted by Gasteiger charge is 2.51. The Morgan fingerprint density at radius 3 is 2.80 bits per heavy atom. The standard InChI is InChI=1S/C29H26BrN7O3/c1-15-10-17(21-4-3-9-40-21)11-18-25-27(31)32-14-33-28(25)36(26(15)18)13-24(38)37-19-8-7-16(19)12-20(37)29(39)35-23-6-2-5-22(30)34-23/h2-6,9-11,14,16,19-20H,7-8,12-13H2,1H3,(H2,31,32,33)(H,34,35,39)/t16-,19-,20+/m1/s1. The second-order valence-electron chi connectivity index (χ2n) is 10.5. The molecule has 40 heavy (non-hydrogen) atoms. The van der Waals surface area contributed by atoms with Gasteiger partial charge in [0.1, 0.15) is 46.6 Å². The second-order valence-corrected chi connectivity index (χ2v) is 11.3. The fraction of sp³-hybridized carbons (Fsp3) is 0.276. The zero-order chi connectivity index (χ0) is 27.5. The molecule has 0 bridgehead atoms. The van der Waals surface area contributed by atoms with Crippen LogP contribution in [-0.4, -0.2) is 48.3 Å². The summed E-state index contributed by atoms with van der Waals surface area (Å²) in [5.41, 5.74) is 9.65. The highest BCUT2D eigenvalue weighted by molar-refractivity contribution is 9.10. The number of halogens is 1. The maximum atomic E-state index is 14.1. The Labute approximate surface area is 237 Å². The van der Waals surface area contributed by atoms with Crippen LogP contribution in [0.1, 0.15) is 24.8 Å². The number of aromatic nitrogens is 4. The lowest BCUT2D eigenvalue weighted by Crippen LogP contribution is -2.50. The number of amides is 2. The van der Waals surface area contributed by atoms with Gasteiger partial charge in [-0.1, -0.05) is 6.07 Å². The molecule has 202 valence electrons. The molecule has 1 saturated carbocycles. The highest BCUT2D eigenvalue weighted by Crippen LogP contribution is 2.44. The Hall–Kier alpha value is -4.25. The third-order valence-corrected chi connectivity index (χ3v) is 8.65. The number of nitrogens with zero attached hydrogens (tertiary/aromatic N) is 5. The van der Waals surface area contributed by atoms with Gasteiger partial charge in [0, 0.05) is 17.0 Å². The normalized spacial score (nSPS) is 20.1. The predicted octanol–water partition coefficient (Wildman–Crippen LogP) is 4.91. The molecule has 1 aromatic carbocycles. The van der Waals surface area contributed by atoms with E-state index >= 15 is 0 Å². The van der Waals surface area contributed by atoms with E-state index in [-0.39, 0.29) is 24.4 Å². The quantitative estimate of drug-likeness (QED) is 0.274. The summed E-state index contributed by atoms with van der Waals surface area (Å²) in [5.74, 6) is 1.50. The van der Waals surface area contributed by atoms with Crippen molar-refractivity contribution in [2.45, 2.75) is 44.8 Å². The number of fused-ring (bicyclic) bond motifs is 4. The van der Waals surface area contributed by atoms with Crippen LogP contribution in [0.2, 0.25) is 0 Å². The molecule has 2 fully saturated rings. The molecule has 2 amide bonds. The van der Waals surface area contributed by atoms with Crippen LogP contribution in [0.15, 0.2) is 64.1 Å². The summed E-state index contributed by atoms with van der Waals surface area (Å²) in [6.07, 6.45) is 5.60. The number of anilines is 2. The van der Waals surface area contributed by atoms with Crippen LogP contribution in [0, 0.1) is 12.8 Å². The van der Waals surface area contributed by atoms with E-state index in [4.69, 9.17) is 10.2 Å². The van der Waals surface area contributed by atoms with E-state index in [9.17, 15) is 9.59 Å². The lowest BCUT2D eigenvalue weighted by Gasteiger charge is -2.37. The van der Waals surface area contributed by atoms with Gasteiger partial charge in [0.2, 0.25) is 11.8 Å². The lowest BCUT2D eigenvalue weighted by molar-refractivity contribution is -0.140. The maximum Gasteiger partial charge on any atom is 0.248 e. The van der Waals surface area contributed by atoms with Crippen molar-refractivity contribution < 1.29 is 14.0 Å². The van der Waals surface area contributed by atoms with Gasteiger partial charge in [-0.15, -0.1) is 0 Å². The number of nitrogen functional groups attached to an aromatic ring is 1. The third-order valence-electron chi connectivity index (χ3n) is 8.20. The number of pyridine rings is 1. The SMILES string of the molecule is Cc1cc(-c2ccco2)cc2c3c(N)ncnc3n(CC(=O)N3[C@@H]4CC[C@@H]4C[C@H]3C(=O)Nc3cccc(Br)n3)c12. The number of nitrogens with two attached hydrogens (primary N) is 1. The monoisotopic (exact) mass is 599 g/mol. The molecule has 0 unspecified atom stereocenters. The second kappa shape index (κ2) is 9.44. The average Bonchev–Trinajstić information content (AvgIpc) is 3.61. The number of hydrogen-bond acceptors (Lipinski definition) is 7. The van der Waals surface area contributed by atoms with E-state index in [0.29, 0.717) is 39.6 Å². The summed E-state index contributed by atoms with van der Waals surface area (Å²) in [6, 6.07) is 12.6. The molecule has 3 N–H and O–H groups in total. The van der Waals surface area contributed by atoms with Gasteiger partial charge >= 0.3 is 0 Å². The van der Waals surface area contributed by atoms with E-state index in [1.165, 1.54) is 6.33 Å². The van der Waals surface area contributed by atoms with Crippen molar-refractivity contribution in [3.05, 3.63) is 65.2 Å². The van der Waals surface area contributed by atoms with E-state index in [0.717, 1.165) is 40.6 Å². The first-order chi connectivity index (χ1) is 19.4. The van der Waals surface area contributed by atoms with Gasteiger partial charge in [0.25, 0.3) is 0 Å². The Bertz CT molecular complexity index is 1800. The first-order valence-electron chi connectivity index (χ1n) is 13.2. The van der Waals surface area contributed by atoms with Gasteiger partial charge < -0.3 is 24.9 Å². The molecule has 11 heteroatoms. The number of likely N-dealkylation sites (tertiary alicyclic amines) is 1. The van der Waals surface area contributed by atoms with Crippen LogP contribution in [0.4, 0.5) is 11.6 Å². The van der Waals surface area contributed by atoms with E-state index in [2.05, 4.69) is 36.2 Å². The third kappa shape index (κ3) is 3.95. The Morgan fingerprint density at radius 2 is 2.05 bits per heavy atom. The summed E-state index contributed by atoms with van der Waals surface area (Å²) in [5, 5.41) is 4.45. The van der Waals surface area contributed by atoms with Gasteiger partial charge in [0.05, 0.1) is 17.2 Å². The van der Waals surface area contributed by atoms with Crippen LogP contribution in [0.25, 0.3) is 33.3 Å². The molecule has 0 radical (unpaired) electrons. The molecule has 5 aromatic rings. The lowest BCUT2D eigenvalue weighted by atomic mass is 9.80. The van der Waals surface area contributed by atoms with Crippen molar-refractivity contribution in [1.29, 1.82) is 0 Å². The number of aryl methyl sites for hydroxylation is 1. The number of carbonyl (C=O) groups is 2. The van der Waals surface area contributed by atoms with Gasteiger partial charge in [-0.05, 0) is 90.0 Å². The van der Waals surface area contributed by atoms with Crippen molar-refractivity contribution in [3.8, 4) is 11.3 Å². The smallest absolute Gasteiger partial charge is 0.248 e. The largest absolute Gasteiger partial charge is 0.464 e. The van der Waals surface area contributed by atoms with Gasteiger partial charge in [0.15, 0.2) is 0 Å². The zero-order valence-corrected chi connectivity index (χ0v) is 23.3. The molecule has 1 aliphatic carbocycles. The number of benzene rings is 1. The average molecular weight is 600 g/mol. The van der Waals surface area contributed by atoms with Crippen LogP contribution in [-0.2, 0) is 16.1 Å². The zero-order valence-electron chi connectivity index (χ0n) is 21.7. The molecule has 0 spiro atoms. The van der Waals surface area contributed by atoms with Crippen LogP contribution < -0.4 is 11.1 Å². The molecular formula is C29H26BrN7O3. The number of carbonyl (C=O) groups excluding carboxylic acids is 2. The maximum absolute atomic E-state index is 14.1. The Balaban J connectivity index is 1.27. The molecular weight excluding hydrogens is 574 g/mol. The molecule has 1 saturated heterocycles. The molecule has 5 heterocycles. The van der Waals surface area contributed by atoms with Crippen LogP contribution in [0.3, 0.4) is 0 Å². The van der Waals surface area contributed by atoms with Crippen molar-refractivity contribution in [1.82, 2.24) is 24.4 Å². The summed E-state index contributed by atoms with van der Waals surface area (Å²) >= 11 is 3.34. The molecule has 1 aliphatic heterocycles. The summed E-state index contributed by atoms with van der Waals surface area (Å²) < 4.78 is 8.17. The minimum atomic E-state index is -0.565. The first kappa shape index (κ1) is 24.8. The fourth-order valence-electron chi connectivity index (χ4n) is 6.35. The van der Waals surface area contributed by atoms with Crippen molar-refractivity contribution in [3.63, 3.8) is 0 Å². The number of hydrogen-bond donors (Lipinski definition) is 2.